The number of hydrogen-bond donors (Lipinski definition) is 3. The lowest BCUT2D eigenvalue weighted by Gasteiger charge is -2.60. The van der Waals surface area contributed by atoms with Crippen molar-refractivity contribution in [2.45, 2.75) is 278 Å². The molecule has 0 bridgehead atoms. The minimum absolute atomic E-state index is 0.994. The van der Waals surface area contributed by atoms with Crippen LogP contribution >= 0.6 is 37.9 Å². The Bertz CT molecular complexity index is 830. The van der Waals surface area contributed by atoms with Crippen LogP contribution in [0.4, 0.5) is 0 Å². The fraction of sp³-hybridized carbons (Fsp3) is 1.00. The standard InChI is InChI=1S/C54H106S3/c1-4-7-10-13-15-21-29-38-49-50(39-30-22-17-25-34-45-56)52(41-32-23-26-35-46-57)53-47(36-27-18-12-9-6-3)42-43-48(37-28-19-16-24-33-44-55)54(53)51(49)40-31-20-14-11-8-5-2/h47-57H,4-46H2,1-3H3. The molecule has 0 radical (unpaired) electrons. The smallest absolute Gasteiger partial charge is 0.00979 e. The van der Waals surface area contributed by atoms with Crippen LogP contribution in [0.3, 0.4) is 0 Å². The molecule has 0 N–H and O–H groups in total. The summed E-state index contributed by atoms with van der Waals surface area (Å²) in [7, 11) is 0. The highest BCUT2D eigenvalue weighted by molar-refractivity contribution is 7.80. The fourth-order valence-corrected chi connectivity index (χ4v) is 13.4. The van der Waals surface area contributed by atoms with Crippen LogP contribution in [0, 0.1) is 47.3 Å². The molecule has 0 aromatic heterocycles. The Labute approximate surface area is 378 Å². The zero-order chi connectivity index (χ0) is 41.0. The van der Waals surface area contributed by atoms with Gasteiger partial charge < -0.3 is 0 Å². The highest BCUT2D eigenvalue weighted by Crippen LogP contribution is 2.61. The van der Waals surface area contributed by atoms with Crippen molar-refractivity contribution in [2.24, 2.45) is 47.3 Å². The van der Waals surface area contributed by atoms with Crippen LogP contribution < -0.4 is 0 Å². The predicted octanol–water partition coefficient (Wildman–Crippen LogP) is 19.4. The first-order chi connectivity index (χ1) is 28.2. The van der Waals surface area contributed by atoms with Gasteiger partial charge in [-0.05, 0) is 122 Å². The lowest BCUT2D eigenvalue weighted by atomic mass is 9.45. The fourth-order valence-electron chi connectivity index (χ4n) is 12.7. The van der Waals surface area contributed by atoms with E-state index in [1.54, 1.807) is 51.4 Å². The zero-order valence-electron chi connectivity index (χ0n) is 39.4. The second kappa shape index (κ2) is 38.7. The van der Waals surface area contributed by atoms with Crippen molar-refractivity contribution in [3.8, 4) is 0 Å². The van der Waals surface area contributed by atoms with E-state index in [1.807, 2.05) is 0 Å². The number of fused-ring (bicyclic) bond motifs is 1. The molecule has 2 saturated carbocycles. The summed E-state index contributed by atoms with van der Waals surface area (Å²) < 4.78 is 0. The number of unbranched alkanes of at least 4 members (excludes halogenated alkanes) is 26. The predicted molar refractivity (Wildman–Crippen MR) is 271 cm³/mol. The molecule has 8 unspecified atom stereocenters. The molecule has 2 aliphatic rings. The van der Waals surface area contributed by atoms with Crippen LogP contribution in [-0.4, -0.2) is 17.3 Å². The van der Waals surface area contributed by atoms with Crippen LogP contribution in [-0.2, 0) is 0 Å². The van der Waals surface area contributed by atoms with Crippen LogP contribution in [0.15, 0.2) is 0 Å². The van der Waals surface area contributed by atoms with Crippen molar-refractivity contribution in [3.63, 3.8) is 0 Å². The summed E-state index contributed by atoms with van der Waals surface area (Å²) in [6, 6.07) is 0. The molecule has 0 saturated heterocycles. The van der Waals surface area contributed by atoms with Gasteiger partial charge in [0.2, 0.25) is 0 Å². The summed E-state index contributed by atoms with van der Waals surface area (Å²) in [5, 5.41) is 0. The van der Waals surface area contributed by atoms with Gasteiger partial charge in [-0.15, -0.1) is 0 Å². The van der Waals surface area contributed by atoms with Crippen molar-refractivity contribution in [1.29, 1.82) is 0 Å². The monoisotopic (exact) mass is 851 g/mol. The zero-order valence-corrected chi connectivity index (χ0v) is 42.0. The molecule has 2 fully saturated rings. The molecule has 57 heavy (non-hydrogen) atoms. The van der Waals surface area contributed by atoms with Gasteiger partial charge >= 0.3 is 0 Å². The summed E-state index contributed by atoms with van der Waals surface area (Å²) in [5.41, 5.74) is 0. The second-order valence-electron chi connectivity index (χ2n) is 20.1. The third-order valence-corrected chi connectivity index (χ3v) is 16.6. The Hall–Kier alpha value is 1.05. The lowest BCUT2D eigenvalue weighted by molar-refractivity contribution is -0.112. The number of rotatable bonds is 41. The first-order valence-corrected chi connectivity index (χ1v) is 28.9. The molecule has 8 atom stereocenters. The van der Waals surface area contributed by atoms with E-state index in [2.05, 4.69) is 58.7 Å². The SMILES string of the molecule is CCCCCCCCCC1C(CCCCCCCS)C(CCCCCCS)C2C(CCCCCCC)CCC(CCCCCCCS)C2C1CCCCCCCC. The molecule has 2 rings (SSSR count). The van der Waals surface area contributed by atoms with Gasteiger partial charge in [0.15, 0.2) is 0 Å². The van der Waals surface area contributed by atoms with E-state index in [4.69, 9.17) is 0 Å². The van der Waals surface area contributed by atoms with Gasteiger partial charge in [0.25, 0.3) is 0 Å². The van der Waals surface area contributed by atoms with E-state index in [9.17, 15) is 0 Å². The normalized spacial score (nSPS) is 24.9. The Morgan fingerprint density at radius 2 is 0.491 bits per heavy atom. The molecule has 2 aliphatic carbocycles. The van der Waals surface area contributed by atoms with Crippen molar-refractivity contribution >= 4 is 37.9 Å². The van der Waals surface area contributed by atoms with E-state index in [0.29, 0.717) is 0 Å². The minimum atomic E-state index is 0.994. The molecule has 340 valence electrons. The summed E-state index contributed by atoms with van der Waals surface area (Å²) in [6.07, 6.45) is 58.7. The Kier molecular flexibility index (Phi) is 36.8. The maximum Gasteiger partial charge on any atom is -0.00979 e. The van der Waals surface area contributed by atoms with Crippen LogP contribution in [0.5, 0.6) is 0 Å². The van der Waals surface area contributed by atoms with Crippen LogP contribution in [0.25, 0.3) is 0 Å². The van der Waals surface area contributed by atoms with Gasteiger partial charge in [-0.1, -0.05) is 220 Å². The van der Waals surface area contributed by atoms with Gasteiger partial charge in [-0.25, -0.2) is 0 Å². The number of hydrogen-bond acceptors (Lipinski definition) is 3. The van der Waals surface area contributed by atoms with Gasteiger partial charge in [-0.2, -0.15) is 37.9 Å². The van der Waals surface area contributed by atoms with Crippen molar-refractivity contribution in [1.82, 2.24) is 0 Å². The lowest BCUT2D eigenvalue weighted by Crippen LogP contribution is -2.53. The first kappa shape index (κ1) is 54.2. The largest absolute Gasteiger partial charge is 0.179 e. The molecule has 0 aromatic carbocycles. The topological polar surface area (TPSA) is 0 Å². The summed E-state index contributed by atoms with van der Waals surface area (Å²) in [6.45, 7) is 7.15. The summed E-state index contributed by atoms with van der Waals surface area (Å²) in [5.74, 6) is 11.3. The highest BCUT2D eigenvalue weighted by Gasteiger charge is 2.54. The molecule has 0 spiro atoms. The van der Waals surface area contributed by atoms with Crippen LogP contribution in [0.2, 0.25) is 0 Å². The van der Waals surface area contributed by atoms with Gasteiger partial charge in [0, 0.05) is 0 Å². The average Bonchev–Trinajstić information content (AvgIpc) is 3.22. The average molecular weight is 852 g/mol. The highest BCUT2D eigenvalue weighted by atomic mass is 32.1. The van der Waals surface area contributed by atoms with E-state index in [-0.39, 0.29) is 0 Å². The molecule has 0 amide bonds. The van der Waals surface area contributed by atoms with Gasteiger partial charge in [-0.3, -0.25) is 0 Å². The number of thiol groups is 3. The van der Waals surface area contributed by atoms with Crippen molar-refractivity contribution in [2.75, 3.05) is 17.3 Å². The Morgan fingerprint density at radius 3 is 0.772 bits per heavy atom. The van der Waals surface area contributed by atoms with Gasteiger partial charge in [0.05, 0.1) is 0 Å². The molecule has 0 aliphatic heterocycles. The molecule has 3 heteroatoms. The Balaban J connectivity index is 2.53. The molecule has 0 heterocycles. The third kappa shape index (κ3) is 23.9. The van der Waals surface area contributed by atoms with E-state index in [1.165, 1.54) is 205 Å². The minimum Gasteiger partial charge on any atom is -0.179 e. The molecule has 0 nitrogen and oxygen atoms in total. The summed E-state index contributed by atoms with van der Waals surface area (Å²) in [4.78, 5) is 0. The maximum absolute atomic E-state index is 4.63. The quantitative estimate of drug-likeness (QED) is 0.0396. The van der Waals surface area contributed by atoms with Crippen molar-refractivity contribution in [3.05, 3.63) is 0 Å². The molecular weight excluding hydrogens is 745 g/mol. The van der Waals surface area contributed by atoms with Crippen molar-refractivity contribution < 1.29 is 0 Å². The first-order valence-electron chi connectivity index (χ1n) is 27.0. The molecule has 0 aromatic rings. The maximum atomic E-state index is 4.63. The molecular formula is C54H106S3. The van der Waals surface area contributed by atoms with E-state index >= 15 is 0 Å². The Morgan fingerprint density at radius 1 is 0.263 bits per heavy atom. The van der Waals surface area contributed by atoms with Gasteiger partial charge in [0.1, 0.15) is 0 Å². The second-order valence-corrected chi connectivity index (χ2v) is 21.4. The van der Waals surface area contributed by atoms with E-state index in [0.717, 1.165) is 64.6 Å². The third-order valence-electron chi connectivity index (χ3n) is 15.7. The van der Waals surface area contributed by atoms with E-state index < -0.39 is 0 Å². The van der Waals surface area contributed by atoms with Crippen LogP contribution in [0.1, 0.15) is 278 Å². The summed E-state index contributed by atoms with van der Waals surface area (Å²) >= 11 is 13.7.